The molecule has 0 aliphatic heterocycles. The molecule has 0 saturated carbocycles. The van der Waals surface area contributed by atoms with Gasteiger partial charge in [-0.2, -0.15) is 0 Å². The Morgan fingerprint density at radius 1 is 0.875 bits per heavy atom. The van der Waals surface area contributed by atoms with Crippen LogP contribution in [0.1, 0.15) is 35.6 Å². The number of hydrogen-bond donors (Lipinski definition) is 1. The van der Waals surface area contributed by atoms with Gasteiger partial charge in [-0.05, 0) is 60.7 Å². The molecule has 6 nitrogen and oxygen atoms in total. The number of rotatable bonds is 3. The highest BCUT2D eigenvalue weighted by Gasteiger charge is 2.32. The number of nitrogens with one attached hydrogen (secondary N) is 1. The molecule has 32 heavy (non-hydrogen) atoms. The average Bonchev–Trinajstić information content (AvgIpc) is 3.02. The van der Waals surface area contributed by atoms with Crippen LogP contribution in [0.2, 0.25) is 0 Å². The lowest BCUT2D eigenvalue weighted by molar-refractivity contribution is 0.571. The predicted molar refractivity (Wildman–Crippen MR) is 124 cm³/mol. The molecule has 0 spiro atoms. The summed E-state index contributed by atoms with van der Waals surface area (Å²) in [6, 6.07) is 20.6. The van der Waals surface area contributed by atoms with Crippen molar-refractivity contribution < 1.29 is 8.42 Å². The topological polar surface area (TPSA) is 89.0 Å². The minimum absolute atomic E-state index is 0.108. The Hall–Kier alpha value is -3.45. The van der Waals surface area contributed by atoms with Gasteiger partial charge >= 0.3 is 5.69 Å². The van der Waals surface area contributed by atoms with Crippen LogP contribution in [0.25, 0.3) is 16.6 Å². The molecule has 0 fully saturated rings. The number of fused-ring (bicyclic) bond motifs is 2. The number of aromatic amines is 1. The van der Waals surface area contributed by atoms with E-state index in [1.54, 1.807) is 36.4 Å². The molecule has 162 valence electrons. The molecule has 1 aliphatic rings. The summed E-state index contributed by atoms with van der Waals surface area (Å²) in [6.07, 6.45) is 3.18. The van der Waals surface area contributed by atoms with E-state index in [1.807, 2.05) is 24.3 Å². The molecule has 1 N–H and O–H groups in total. The van der Waals surface area contributed by atoms with Crippen LogP contribution in [0.5, 0.6) is 0 Å². The molecular weight excluding hydrogens is 424 g/mol. The van der Waals surface area contributed by atoms with Crippen LogP contribution in [0.4, 0.5) is 0 Å². The summed E-state index contributed by atoms with van der Waals surface area (Å²) in [5.74, 6) is 0. The first-order chi connectivity index (χ1) is 15.5. The van der Waals surface area contributed by atoms with Crippen molar-refractivity contribution in [2.75, 3.05) is 0 Å². The van der Waals surface area contributed by atoms with Gasteiger partial charge in [0, 0.05) is 0 Å². The SMILES string of the molecule is O=c1[nH]c2ccccc2c(=O)n1-c1cccc(S(=O)(=O)C2CCCCc3ccccc32)c1. The zero-order valence-corrected chi connectivity index (χ0v) is 18.1. The fourth-order valence-corrected chi connectivity index (χ4v) is 6.48. The number of benzene rings is 3. The van der Waals surface area contributed by atoms with E-state index in [9.17, 15) is 18.0 Å². The second-order valence-electron chi connectivity index (χ2n) is 8.09. The van der Waals surface area contributed by atoms with Gasteiger partial charge < -0.3 is 4.98 Å². The maximum absolute atomic E-state index is 13.7. The van der Waals surface area contributed by atoms with Crippen molar-refractivity contribution in [3.63, 3.8) is 0 Å². The molecule has 1 heterocycles. The average molecular weight is 447 g/mol. The van der Waals surface area contributed by atoms with E-state index in [-0.39, 0.29) is 10.6 Å². The van der Waals surface area contributed by atoms with Gasteiger partial charge in [0.15, 0.2) is 9.84 Å². The van der Waals surface area contributed by atoms with Gasteiger partial charge in [-0.25, -0.2) is 17.8 Å². The summed E-state index contributed by atoms with van der Waals surface area (Å²) in [6.45, 7) is 0. The third-order valence-corrected chi connectivity index (χ3v) is 8.30. The van der Waals surface area contributed by atoms with Crippen LogP contribution in [0.3, 0.4) is 0 Å². The van der Waals surface area contributed by atoms with Crippen molar-refractivity contribution in [3.05, 3.63) is 105 Å². The lowest BCUT2D eigenvalue weighted by atomic mass is 10.0. The summed E-state index contributed by atoms with van der Waals surface area (Å²) in [4.78, 5) is 28.5. The molecule has 0 bridgehead atoms. The van der Waals surface area contributed by atoms with Gasteiger partial charge in [0.25, 0.3) is 5.56 Å². The van der Waals surface area contributed by atoms with Crippen molar-refractivity contribution in [2.45, 2.75) is 35.8 Å². The Morgan fingerprint density at radius 2 is 1.66 bits per heavy atom. The third-order valence-electron chi connectivity index (χ3n) is 6.15. The number of nitrogens with zero attached hydrogens (tertiary/aromatic N) is 1. The van der Waals surface area contributed by atoms with Crippen molar-refractivity contribution in [1.82, 2.24) is 9.55 Å². The van der Waals surface area contributed by atoms with Crippen molar-refractivity contribution in [2.24, 2.45) is 0 Å². The fourth-order valence-electron chi connectivity index (χ4n) is 4.56. The number of hydrogen-bond acceptors (Lipinski definition) is 4. The van der Waals surface area contributed by atoms with Crippen molar-refractivity contribution in [3.8, 4) is 5.69 Å². The van der Waals surface area contributed by atoms with E-state index >= 15 is 0 Å². The molecule has 0 saturated heterocycles. The lowest BCUT2D eigenvalue weighted by Crippen LogP contribution is -2.33. The van der Waals surface area contributed by atoms with Crippen LogP contribution < -0.4 is 11.2 Å². The Bertz CT molecular complexity index is 1550. The van der Waals surface area contributed by atoms with Gasteiger partial charge in [-0.3, -0.25) is 4.79 Å². The molecule has 5 rings (SSSR count). The highest BCUT2D eigenvalue weighted by molar-refractivity contribution is 7.91. The standard InChI is InChI=1S/C25H22N2O4S/c28-24-21-13-4-5-14-22(21)26-25(29)27(24)18-10-7-11-19(16-18)32(30,31)23-15-6-2-9-17-8-1-3-12-20(17)23/h1,3-5,7-8,10-14,16,23H,2,6,9,15H2,(H,26,29). The number of aromatic nitrogens is 2. The van der Waals surface area contributed by atoms with E-state index < -0.39 is 26.3 Å². The van der Waals surface area contributed by atoms with E-state index in [2.05, 4.69) is 4.98 Å². The normalized spacial score (nSPS) is 16.4. The Balaban J connectivity index is 1.65. The first-order valence-corrected chi connectivity index (χ1v) is 12.2. The van der Waals surface area contributed by atoms with E-state index in [0.29, 0.717) is 17.3 Å². The second-order valence-corrected chi connectivity index (χ2v) is 10.2. The molecule has 3 aromatic carbocycles. The maximum Gasteiger partial charge on any atom is 0.333 e. The van der Waals surface area contributed by atoms with Gasteiger partial charge in [-0.15, -0.1) is 0 Å². The van der Waals surface area contributed by atoms with E-state index in [4.69, 9.17) is 0 Å². The Kier molecular flexibility index (Phi) is 5.06. The summed E-state index contributed by atoms with van der Waals surface area (Å²) in [7, 11) is -3.73. The molecule has 1 atom stereocenters. The van der Waals surface area contributed by atoms with Crippen LogP contribution in [-0.2, 0) is 16.3 Å². The van der Waals surface area contributed by atoms with Crippen LogP contribution in [-0.4, -0.2) is 18.0 Å². The minimum Gasteiger partial charge on any atom is -0.306 e. The largest absolute Gasteiger partial charge is 0.333 e. The monoisotopic (exact) mass is 446 g/mol. The highest BCUT2D eigenvalue weighted by atomic mass is 32.2. The van der Waals surface area contributed by atoms with Crippen LogP contribution in [0.15, 0.2) is 87.3 Å². The number of aryl methyl sites for hydroxylation is 1. The molecule has 4 aromatic rings. The molecule has 1 aliphatic carbocycles. The van der Waals surface area contributed by atoms with Gasteiger partial charge in [-0.1, -0.05) is 48.9 Å². The summed E-state index contributed by atoms with van der Waals surface area (Å²) in [5, 5.41) is -0.291. The van der Waals surface area contributed by atoms with Crippen molar-refractivity contribution in [1.29, 1.82) is 0 Å². The maximum atomic E-state index is 13.7. The second kappa shape index (κ2) is 7.91. The van der Waals surface area contributed by atoms with Crippen molar-refractivity contribution >= 4 is 20.7 Å². The Morgan fingerprint density at radius 3 is 2.53 bits per heavy atom. The first kappa shape index (κ1) is 20.5. The molecule has 7 heteroatoms. The summed E-state index contributed by atoms with van der Waals surface area (Å²) in [5.41, 5.74) is 1.48. The number of para-hydroxylation sites is 1. The lowest BCUT2D eigenvalue weighted by Gasteiger charge is -2.19. The Labute approximate surface area is 185 Å². The van der Waals surface area contributed by atoms with Gasteiger partial charge in [0.2, 0.25) is 0 Å². The molecule has 1 aromatic heterocycles. The highest BCUT2D eigenvalue weighted by Crippen LogP contribution is 2.38. The molecular formula is C25H22N2O4S. The van der Waals surface area contributed by atoms with Gasteiger partial charge in [0.1, 0.15) is 0 Å². The number of sulfone groups is 1. The smallest absolute Gasteiger partial charge is 0.306 e. The van der Waals surface area contributed by atoms with Crippen LogP contribution >= 0.6 is 0 Å². The first-order valence-electron chi connectivity index (χ1n) is 10.6. The van der Waals surface area contributed by atoms with Crippen LogP contribution in [0, 0.1) is 0 Å². The predicted octanol–water partition coefficient (Wildman–Crippen LogP) is 3.92. The zero-order valence-electron chi connectivity index (χ0n) is 17.3. The quantitative estimate of drug-likeness (QED) is 0.483. The third kappa shape index (κ3) is 3.39. The molecule has 0 amide bonds. The minimum atomic E-state index is -3.73. The number of H-pyrrole nitrogens is 1. The fraction of sp³-hybridized carbons (Fsp3) is 0.200. The molecule has 0 radical (unpaired) electrons. The van der Waals surface area contributed by atoms with E-state index in [1.165, 1.54) is 12.1 Å². The molecule has 1 unspecified atom stereocenters. The summed E-state index contributed by atoms with van der Waals surface area (Å²) >= 11 is 0. The summed E-state index contributed by atoms with van der Waals surface area (Å²) < 4.78 is 28.4. The van der Waals surface area contributed by atoms with E-state index in [0.717, 1.165) is 35.0 Å². The van der Waals surface area contributed by atoms with Gasteiger partial charge in [0.05, 0.1) is 26.7 Å². The zero-order chi connectivity index (χ0) is 22.3.